The lowest BCUT2D eigenvalue weighted by Crippen LogP contribution is -2.37. The van der Waals surface area contributed by atoms with Crippen molar-refractivity contribution in [3.05, 3.63) is 29.9 Å². The largest absolute Gasteiger partial charge is 0.459 e. The first-order chi connectivity index (χ1) is 9.72. The maximum absolute atomic E-state index is 12.0. The molecule has 0 radical (unpaired) electrons. The average Bonchev–Trinajstić information content (AvgIpc) is 3.12. The third-order valence-corrected chi connectivity index (χ3v) is 3.38. The molecule has 0 aliphatic carbocycles. The molecule has 3 rings (SSSR count). The van der Waals surface area contributed by atoms with Gasteiger partial charge in [-0.15, -0.1) is 24.8 Å². The minimum absolute atomic E-state index is 0. The van der Waals surface area contributed by atoms with Gasteiger partial charge in [-0.2, -0.15) is 0 Å². The van der Waals surface area contributed by atoms with Gasteiger partial charge in [-0.1, -0.05) is 0 Å². The number of nitrogens with zero attached hydrogens (tertiary/aromatic N) is 1. The van der Waals surface area contributed by atoms with Gasteiger partial charge < -0.3 is 19.5 Å². The molecule has 3 heterocycles. The standard InChI is InChI=1S/C14H17N3O3.2ClH/c1-9-11(7-13(18)16-10-4-5-15-8-10)17-14(20-9)12-3-2-6-19-12;;/h2-3,6,10,15H,4-5,7-8H2,1H3,(H,16,18);2*1H. The lowest BCUT2D eigenvalue weighted by molar-refractivity contribution is -0.121. The van der Waals surface area contributed by atoms with Crippen molar-refractivity contribution in [2.75, 3.05) is 13.1 Å². The summed E-state index contributed by atoms with van der Waals surface area (Å²) in [7, 11) is 0. The minimum Gasteiger partial charge on any atom is -0.459 e. The number of hydrogen-bond donors (Lipinski definition) is 2. The van der Waals surface area contributed by atoms with E-state index in [1.165, 1.54) is 0 Å². The molecular weight excluding hydrogens is 329 g/mol. The van der Waals surface area contributed by atoms with Crippen LogP contribution in [0.25, 0.3) is 11.7 Å². The lowest BCUT2D eigenvalue weighted by atomic mass is 10.2. The number of aryl methyl sites for hydroxylation is 1. The van der Waals surface area contributed by atoms with Crippen LogP contribution in [0.2, 0.25) is 0 Å². The van der Waals surface area contributed by atoms with Crippen molar-refractivity contribution < 1.29 is 13.6 Å². The monoisotopic (exact) mass is 347 g/mol. The highest BCUT2D eigenvalue weighted by atomic mass is 35.5. The first kappa shape index (κ1) is 18.5. The van der Waals surface area contributed by atoms with Crippen LogP contribution in [0, 0.1) is 6.92 Å². The summed E-state index contributed by atoms with van der Waals surface area (Å²) >= 11 is 0. The Bertz CT molecular complexity index is 593. The predicted molar refractivity (Wildman–Crippen MR) is 86.6 cm³/mol. The third-order valence-electron chi connectivity index (χ3n) is 3.38. The van der Waals surface area contributed by atoms with Crippen molar-refractivity contribution in [3.8, 4) is 11.7 Å². The highest BCUT2D eigenvalue weighted by Crippen LogP contribution is 2.22. The van der Waals surface area contributed by atoms with Crippen LogP contribution in [0.5, 0.6) is 0 Å². The number of amides is 1. The Morgan fingerprint density at radius 2 is 2.32 bits per heavy atom. The molecule has 122 valence electrons. The van der Waals surface area contributed by atoms with Crippen LogP contribution in [0.15, 0.2) is 27.2 Å². The van der Waals surface area contributed by atoms with Crippen molar-refractivity contribution in [1.29, 1.82) is 0 Å². The molecule has 0 aromatic carbocycles. The third kappa shape index (κ3) is 4.25. The van der Waals surface area contributed by atoms with Crippen molar-refractivity contribution in [1.82, 2.24) is 15.6 Å². The van der Waals surface area contributed by atoms with Crippen LogP contribution in [-0.2, 0) is 11.2 Å². The molecule has 8 heteroatoms. The fourth-order valence-electron chi connectivity index (χ4n) is 2.31. The topological polar surface area (TPSA) is 80.3 Å². The molecule has 1 atom stereocenters. The molecular formula is C14H19Cl2N3O3. The van der Waals surface area contributed by atoms with Gasteiger partial charge in [0.05, 0.1) is 18.4 Å². The molecule has 0 bridgehead atoms. The van der Waals surface area contributed by atoms with Gasteiger partial charge >= 0.3 is 0 Å². The molecule has 2 N–H and O–H groups in total. The van der Waals surface area contributed by atoms with E-state index in [9.17, 15) is 4.79 Å². The molecule has 2 aromatic rings. The van der Waals surface area contributed by atoms with Crippen molar-refractivity contribution in [2.24, 2.45) is 0 Å². The van der Waals surface area contributed by atoms with E-state index in [0.717, 1.165) is 19.5 Å². The Balaban J connectivity index is 0.00000121. The summed E-state index contributed by atoms with van der Waals surface area (Å²) in [5.74, 6) is 1.61. The molecule has 1 unspecified atom stereocenters. The number of furan rings is 1. The van der Waals surface area contributed by atoms with Crippen molar-refractivity contribution in [3.63, 3.8) is 0 Å². The highest BCUT2D eigenvalue weighted by molar-refractivity contribution is 5.85. The molecule has 1 fully saturated rings. The zero-order chi connectivity index (χ0) is 13.9. The summed E-state index contributed by atoms with van der Waals surface area (Å²) in [6.45, 7) is 3.59. The van der Waals surface area contributed by atoms with Gasteiger partial charge in [-0.3, -0.25) is 4.79 Å². The molecule has 1 aliphatic heterocycles. The van der Waals surface area contributed by atoms with E-state index in [4.69, 9.17) is 8.83 Å². The van der Waals surface area contributed by atoms with Crippen LogP contribution in [0.1, 0.15) is 17.9 Å². The number of nitrogens with one attached hydrogen (secondary N) is 2. The minimum atomic E-state index is -0.0268. The second-order valence-electron chi connectivity index (χ2n) is 4.93. The fourth-order valence-corrected chi connectivity index (χ4v) is 2.31. The Kier molecular flexibility index (Phi) is 6.93. The summed E-state index contributed by atoms with van der Waals surface area (Å²) < 4.78 is 10.8. The van der Waals surface area contributed by atoms with E-state index in [-0.39, 0.29) is 43.2 Å². The van der Waals surface area contributed by atoms with Crippen molar-refractivity contribution in [2.45, 2.75) is 25.8 Å². The maximum atomic E-state index is 12.0. The zero-order valence-electron chi connectivity index (χ0n) is 12.1. The quantitative estimate of drug-likeness (QED) is 0.885. The molecule has 1 aliphatic rings. The van der Waals surface area contributed by atoms with Gasteiger partial charge in [0.15, 0.2) is 5.76 Å². The summed E-state index contributed by atoms with van der Waals surface area (Å²) in [6, 6.07) is 3.77. The molecule has 0 spiro atoms. The van der Waals surface area contributed by atoms with Crippen LogP contribution >= 0.6 is 24.8 Å². The van der Waals surface area contributed by atoms with Gasteiger partial charge in [-0.05, 0) is 32.0 Å². The molecule has 2 aromatic heterocycles. The second kappa shape index (κ2) is 8.22. The van der Waals surface area contributed by atoms with Gasteiger partial charge in [0, 0.05) is 12.6 Å². The lowest BCUT2D eigenvalue weighted by Gasteiger charge is -2.10. The maximum Gasteiger partial charge on any atom is 0.263 e. The van der Waals surface area contributed by atoms with Gasteiger partial charge in [0.2, 0.25) is 5.91 Å². The fraction of sp³-hybridized carbons (Fsp3) is 0.429. The number of halogens is 2. The highest BCUT2D eigenvalue weighted by Gasteiger charge is 2.20. The molecule has 6 nitrogen and oxygen atoms in total. The summed E-state index contributed by atoms with van der Waals surface area (Å²) in [5, 5.41) is 6.21. The molecule has 0 saturated carbocycles. The Hall–Kier alpha value is -1.50. The van der Waals surface area contributed by atoms with E-state index in [1.54, 1.807) is 25.3 Å². The average molecular weight is 348 g/mol. The van der Waals surface area contributed by atoms with Crippen LogP contribution in [-0.4, -0.2) is 30.0 Å². The Labute approximate surface area is 140 Å². The van der Waals surface area contributed by atoms with E-state index in [2.05, 4.69) is 15.6 Å². The Morgan fingerprint density at radius 1 is 1.50 bits per heavy atom. The summed E-state index contributed by atoms with van der Waals surface area (Å²) in [6.07, 6.45) is 2.77. The molecule has 1 saturated heterocycles. The van der Waals surface area contributed by atoms with Crippen LogP contribution in [0.4, 0.5) is 0 Å². The number of hydrogen-bond acceptors (Lipinski definition) is 5. The smallest absolute Gasteiger partial charge is 0.263 e. The number of rotatable bonds is 4. The molecule has 1 amide bonds. The summed E-state index contributed by atoms with van der Waals surface area (Å²) in [4.78, 5) is 16.3. The van der Waals surface area contributed by atoms with Gasteiger partial charge in [-0.25, -0.2) is 4.98 Å². The van der Waals surface area contributed by atoms with Gasteiger partial charge in [0.1, 0.15) is 5.76 Å². The van der Waals surface area contributed by atoms with E-state index >= 15 is 0 Å². The predicted octanol–water partition coefficient (Wildman–Crippen LogP) is 2.11. The molecule has 22 heavy (non-hydrogen) atoms. The SMILES string of the molecule is Cc1oc(-c2ccco2)nc1CC(=O)NC1CCNC1.Cl.Cl. The Morgan fingerprint density at radius 3 is 2.95 bits per heavy atom. The van der Waals surface area contributed by atoms with Crippen LogP contribution < -0.4 is 10.6 Å². The second-order valence-corrected chi connectivity index (χ2v) is 4.93. The van der Waals surface area contributed by atoms with E-state index in [1.807, 2.05) is 0 Å². The summed E-state index contributed by atoms with van der Waals surface area (Å²) in [5.41, 5.74) is 0.653. The zero-order valence-corrected chi connectivity index (χ0v) is 13.8. The number of carbonyl (C=O) groups is 1. The first-order valence-electron chi connectivity index (χ1n) is 6.72. The van der Waals surface area contributed by atoms with Gasteiger partial charge in [0.25, 0.3) is 5.89 Å². The van der Waals surface area contributed by atoms with E-state index < -0.39 is 0 Å². The normalized spacial score (nSPS) is 16.7. The van der Waals surface area contributed by atoms with Crippen LogP contribution in [0.3, 0.4) is 0 Å². The number of carbonyl (C=O) groups excluding carboxylic acids is 1. The van der Waals surface area contributed by atoms with E-state index in [0.29, 0.717) is 23.1 Å². The number of oxazole rings is 1. The number of aromatic nitrogens is 1. The van der Waals surface area contributed by atoms with Crippen molar-refractivity contribution >= 4 is 30.7 Å². The first-order valence-corrected chi connectivity index (χ1v) is 6.72.